The van der Waals surface area contributed by atoms with E-state index in [1.807, 2.05) is 0 Å². The molecular formula is C8H11ClN6. The first-order valence-electron chi connectivity index (χ1n) is 4.69. The van der Waals surface area contributed by atoms with Crippen LogP contribution in [0.3, 0.4) is 0 Å². The first-order valence-corrected chi connectivity index (χ1v) is 5.23. The van der Waals surface area contributed by atoms with Crippen molar-refractivity contribution < 1.29 is 0 Å². The highest BCUT2D eigenvalue weighted by molar-refractivity contribution is 6.18. The largest absolute Gasteiger partial charge is 0.365 e. The number of fused-ring (bicyclic) bond motifs is 1. The molecule has 1 N–H and O–H groups in total. The van der Waals surface area contributed by atoms with Gasteiger partial charge in [0, 0.05) is 11.9 Å². The van der Waals surface area contributed by atoms with Crippen LogP contribution in [0, 0.1) is 0 Å². The molecule has 0 saturated heterocycles. The van der Waals surface area contributed by atoms with Gasteiger partial charge in [-0.05, 0) is 16.8 Å². The first kappa shape index (κ1) is 10.1. The zero-order valence-electron chi connectivity index (χ0n) is 8.26. The molecule has 0 aliphatic heterocycles. The van der Waals surface area contributed by atoms with Crippen molar-refractivity contribution in [3.63, 3.8) is 0 Å². The van der Waals surface area contributed by atoms with Crippen LogP contribution in [0.5, 0.6) is 0 Å². The lowest BCUT2D eigenvalue weighted by molar-refractivity contribution is 0.745. The predicted molar refractivity (Wildman–Crippen MR) is 57.0 cm³/mol. The molecule has 2 rings (SSSR count). The number of nitrogens with zero attached hydrogens (tertiary/aromatic N) is 5. The highest BCUT2D eigenvalue weighted by Crippen LogP contribution is 2.09. The highest BCUT2D eigenvalue weighted by Gasteiger charge is 2.08. The van der Waals surface area contributed by atoms with Gasteiger partial charge in [-0.25, -0.2) is 0 Å². The van der Waals surface area contributed by atoms with Crippen molar-refractivity contribution in [1.82, 2.24) is 25.0 Å². The Bertz CT molecular complexity index is 437. The molecule has 2 aromatic heterocycles. The molecule has 0 bridgehead atoms. The van der Waals surface area contributed by atoms with Crippen molar-refractivity contribution in [1.29, 1.82) is 0 Å². The van der Waals surface area contributed by atoms with Crippen molar-refractivity contribution in [3.05, 3.63) is 12.4 Å². The first-order chi connectivity index (χ1) is 7.35. The number of tetrazole rings is 1. The summed E-state index contributed by atoms with van der Waals surface area (Å²) in [7, 11) is 0. The molecule has 0 radical (unpaired) electrons. The van der Waals surface area contributed by atoms with Gasteiger partial charge in [-0.2, -0.15) is 4.52 Å². The van der Waals surface area contributed by atoms with Crippen LogP contribution >= 0.6 is 11.6 Å². The third-order valence-electron chi connectivity index (χ3n) is 2.14. The number of halogens is 1. The Morgan fingerprint density at radius 1 is 1.53 bits per heavy atom. The number of alkyl halides is 1. The van der Waals surface area contributed by atoms with Crippen LogP contribution in [0.25, 0.3) is 5.65 Å². The molecule has 0 amide bonds. The summed E-state index contributed by atoms with van der Waals surface area (Å²) in [6.45, 7) is 2.06. The Morgan fingerprint density at radius 2 is 2.40 bits per heavy atom. The van der Waals surface area contributed by atoms with Crippen LogP contribution in [0.1, 0.15) is 13.3 Å². The lowest BCUT2D eigenvalue weighted by atomic mass is 10.2. The van der Waals surface area contributed by atoms with Gasteiger partial charge < -0.3 is 5.32 Å². The van der Waals surface area contributed by atoms with Gasteiger partial charge in [-0.3, -0.25) is 4.98 Å². The van der Waals surface area contributed by atoms with Gasteiger partial charge in [0.25, 0.3) is 0 Å². The van der Waals surface area contributed by atoms with Crippen LogP contribution in [0.15, 0.2) is 12.4 Å². The van der Waals surface area contributed by atoms with Gasteiger partial charge in [0.05, 0.1) is 12.4 Å². The number of aromatic nitrogens is 5. The maximum absolute atomic E-state index is 5.80. The molecule has 2 aromatic rings. The molecule has 0 spiro atoms. The van der Waals surface area contributed by atoms with Crippen LogP contribution in [-0.4, -0.2) is 36.9 Å². The predicted octanol–water partition coefficient (Wildman–Crippen LogP) is 0.949. The van der Waals surface area contributed by atoms with Crippen molar-refractivity contribution in [2.75, 3.05) is 11.2 Å². The Balaban J connectivity index is 2.30. The van der Waals surface area contributed by atoms with Crippen LogP contribution in [0.4, 0.5) is 5.82 Å². The molecule has 1 unspecified atom stereocenters. The molecule has 1 atom stereocenters. The average molecular weight is 227 g/mol. The number of hydrogen-bond donors (Lipinski definition) is 1. The summed E-state index contributed by atoms with van der Waals surface area (Å²) in [5, 5.41) is 14.5. The second-order valence-electron chi connectivity index (χ2n) is 3.15. The fourth-order valence-electron chi connectivity index (χ4n) is 1.23. The van der Waals surface area contributed by atoms with E-state index in [2.05, 4.69) is 32.7 Å². The Hall–Kier alpha value is -1.43. The van der Waals surface area contributed by atoms with Gasteiger partial charge in [0.1, 0.15) is 0 Å². The van der Waals surface area contributed by atoms with E-state index in [0.29, 0.717) is 11.5 Å². The van der Waals surface area contributed by atoms with Gasteiger partial charge in [0.2, 0.25) is 0 Å². The zero-order chi connectivity index (χ0) is 10.7. The summed E-state index contributed by atoms with van der Waals surface area (Å²) in [4.78, 5) is 4.04. The smallest absolute Gasteiger partial charge is 0.199 e. The topological polar surface area (TPSA) is 68.0 Å². The van der Waals surface area contributed by atoms with E-state index in [0.717, 1.165) is 12.2 Å². The van der Waals surface area contributed by atoms with Gasteiger partial charge in [-0.15, -0.1) is 16.7 Å². The summed E-state index contributed by atoms with van der Waals surface area (Å²) in [6.07, 6.45) is 4.22. The summed E-state index contributed by atoms with van der Waals surface area (Å²) in [5.74, 6) is 1.29. The molecule has 6 nitrogen and oxygen atoms in total. The highest BCUT2D eigenvalue weighted by atomic mass is 35.5. The molecule has 0 aromatic carbocycles. The molecule has 80 valence electrons. The van der Waals surface area contributed by atoms with Crippen LogP contribution in [-0.2, 0) is 0 Å². The molecule has 7 heteroatoms. The fraction of sp³-hybridized carbons (Fsp3) is 0.500. The summed E-state index contributed by atoms with van der Waals surface area (Å²) < 4.78 is 1.60. The molecule has 0 saturated carbocycles. The summed E-state index contributed by atoms with van der Waals surface area (Å²) >= 11 is 5.80. The molecule has 0 aliphatic rings. The van der Waals surface area contributed by atoms with Crippen LogP contribution in [0.2, 0.25) is 0 Å². The minimum atomic E-state index is 0.197. The van der Waals surface area contributed by atoms with Crippen LogP contribution < -0.4 is 5.32 Å². The van der Waals surface area contributed by atoms with E-state index in [1.54, 1.807) is 16.9 Å². The van der Waals surface area contributed by atoms with E-state index in [9.17, 15) is 0 Å². The lowest BCUT2D eigenvalue weighted by Gasteiger charge is -2.14. The van der Waals surface area contributed by atoms with E-state index in [4.69, 9.17) is 11.6 Å². The van der Waals surface area contributed by atoms with Crippen molar-refractivity contribution in [2.45, 2.75) is 19.4 Å². The van der Waals surface area contributed by atoms with Gasteiger partial charge in [-0.1, -0.05) is 6.92 Å². The monoisotopic (exact) mass is 226 g/mol. The van der Waals surface area contributed by atoms with E-state index >= 15 is 0 Å². The van der Waals surface area contributed by atoms with E-state index in [-0.39, 0.29) is 6.04 Å². The quantitative estimate of drug-likeness (QED) is 0.787. The standard InChI is InChI=1S/C8H11ClN6/c1-2-6(3-9)11-7-4-10-5-8-12-13-14-15(7)8/h4-6,11H,2-3H2,1H3. The maximum Gasteiger partial charge on any atom is 0.199 e. The third kappa shape index (κ3) is 1.99. The lowest BCUT2D eigenvalue weighted by Crippen LogP contribution is -2.22. The second-order valence-corrected chi connectivity index (χ2v) is 3.45. The van der Waals surface area contributed by atoms with Gasteiger partial charge >= 0.3 is 0 Å². The molecule has 0 aliphatic carbocycles. The number of rotatable bonds is 4. The average Bonchev–Trinajstić information content (AvgIpc) is 2.74. The Kier molecular flexibility index (Phi) is 2.96. The molecule has 2 heterocycles. The summed E-state index contributed by atoms with van der Waals surface area (Å²) in [6, 6.07) is 0.197. The normalized spacial score (nSPS) is 12.9. The fourth-order valence-corrected chi connectivity index (χ4v) is 1.53. The number of nitrogens with one attached hydrogen (secondary N) is 1. The van der Waals surface area contributed by atoms with Crippen molar-refractivity contribution >= 4 is 23.1 Å². The van der Waals surface area contributed by atoms with Crippen molar-refractivity contribution in [3.8, 4) is 0 Å². The van der Waals surface area contributed by atoms with E-state index < -0.39 is 0 Å². The third-order valence-corrected chi connectivity index (χ3v) is 2.51. The Labute approximate surface area is 91.6 Å². The second kappa shape index (κ2) is 4.39. The summed E-state index contributed by atoms with van der Waals surface area (Å²) in [5.41, 5.74) is 0.615. The zero-order valence-corrected chi connectivity index (χ0v) is 9.02. The maximum atomic E-state index is 5.80. The Morgan fingerprint density at radius 3 is 3.13 bits per heavy atom. The van der Waals surface area contributed by atoms with Crippen molar-refractivity contribution in [2.24, 2.45) is 0 Å². The van der Waals surface area contributed by atoms with Gasteiger partial charge in [0.15, 0.2) is 11.5 Å². The number of anilines is 1. The molecule has 15 heavy (non-hydrogen) atoms. The van der Waals surface area contributed by atoms with E-state index in [1.165, 1.54) is 0 Å². The SMILES string of the molecule is CCC(CCl)Nc1cncc2nnnn12. The minimum Gasteiger partial charge on any atom is -0.365 e. The number of hydrogen-bond acceptors (Lipinski definition) is 5. The molecule has 0 fully saturated rings. The minimum absolute atomic E-state index is 0.197. The molecular weight excluding hydrogens is 216 g/mol.